The first kappa shape index (κ1) is 15.3. The number of rotatable bonds is 4. The van der Waals surface area contributed by atoms with Crippen molar-refractivity contribution in [2.24, 2.45) is 0 Å². The maximum absolute atomic E-state index is 5.38. The summed E-state index contributed by atoms with van der Waals surface area (Å²) >= 11 is 5.38. The average molecular weight is 291 g/mol. The van der Waals surface area contributed by atoms with Crippen LogP contribution in [0.3, 0.4) is 0 Å². The molecule has 1 heterocycles. The highest BCUT2D eigenvalue weighted by molar-refractivity contribution is 7.80. The van der Waals surface area contributed by atoms with E-state index in [1.165, 1.54) is 30.5 Å². The lowest BCUT2D eigenvalue weighted by atomic mass is 10.1. The minimum Gasteiger partial charge on any atom is -0.361 e. The van der Waals surface area contributed by atoms with Gasteiger partial charge in [-0.15, -0.1) is 0 Å². The van der Waals surface area contributed by atoms with Gasteiger partial charge < -0.3 is 10.6 Å². The number of hydrogen-bond donors (Lipinski definition) is 2. The molecule has 0 aliphatic carbocycles. The first-order chi connectivity index (χ1) is 9.60. The van der Waals surface area contributed by atoms with Crippen molar-refractivity contribution in [2.75, 3.05) is 25.0 Å². The monoisotopic (exact) mass is 291 g/mol. The van der Waals surface area contributed by atoms with Gasteiger partial charge in [0.1, 0.15) is 0 Å². The van der Waals surface area contributed by atoms with Crippen LogP contribution in [0, 0.1) is 13.8 Å². The molecule has 1 aromatic rings. The smallest absolute Gasteiger partial charge is 0.170 e. The third-order valence-corrected chi connectivity index (χ3v) is 4.41. The Kier molecular flexibility index (Phi) is 5.38. The SMILES string of the molecule is CCN1CCC[C@H]1CNC(=S)Nc1ccc(C)c(C)c1. The number of nitrogens with one attached hydrogen (secondary N) is 2. The van der Waals surface area contributed by atoms with Gasteiger partial charge in [0.05, 0.1) is 0 Å². The Morgan fingerprint density at radius 3 is 2.85 bits per heavy atom. The summed E-state index contributed by atoms with van der Waals surface area (Å²) in [5.74, 6) is 0. The second-order valence-corrected chi connectivity index (χ2v) is 5.97. The van der Waals surface area contributed by atoms with E-state index in [0.29, 0.717) is 6.04 Å². The molecule has 1 saturated heterocycles. The zero-order valence-electron chi connectivity index (χ0n) is 12.7. The quantitative estimate of drug-likeness (QED) is 0.834. The number of hydrogen-bond acceptors (Lipinski definition) is 2. The number of likely N-dealkylation sites (tertiary alicyclic amines) is 1. The normalized spacial score (nSPS) is 19.1. The van der Waals surface area contributed by atoms with Crippen LogP contribution in [0.2, 0.25) is 0 Å². The standard InChI is InChI=1S/C16H25N3S/c1-4-19-9-5-6-15(19)11-17-16(20)18-14-8-7-12(2)13(3)10-14/h7-8,10,15H,4-6,9,11H2,1-3H3,(H2,17,18,20)/t15-/m0/s1. The molecule has 0 aromatic heterocycles. The average Bonchev–Trinajstić information content (AvgIpc) is 2.88. The van der Waals surface area contributed by atoms with Gasteiger partial charge in [0.2, 0.25) is 0 Å². The van der Waals surface area contributed by atoms with Crippen molar-refractivity contribution in [1.29, 1.82) is 0 Å². The largest absolute Gasteiger partial charge is 0.361 e. The predicted molar refractivity (Wildman–Crippen MR) is 90.4 cm³/mol. The number of likely N-dealkylation sites (N-methyl/N-ethyl adjacent to an activating group) is 1. The first-order valence-corrected chi connectivity index (χ1v) is 7.87. The van der Waals surface area contributed by atoms with Crippen molar-refractivity contribution in [3.63, 3.8) is 0 Å². The Bertz CT molecular complexity index is 473. The van der Waals surface area contributed by atoms with Crippen LogP contribution >= 0.6 is 12.2 Å². The highest BCUT2D eigenvalue weighted by Crippen LogP contribution is 2.16. The molecule has 4 heteroatoms. The number of anilines is 1. The van der Waals surface area contributed by atoms with Crippen LogP contribution < -0.4 is 10.6 Å². The summed E-state index contributed by atoms with van der Waals surface area (Å²) in [5, 5.41) is 7.34. The van der Waals surface area contributed by atoms with Gasteiger partial charge in [0.25, 0.3) is 0 Å². The topological polar surface area (TPSA) is 27.3 Å². The van der Waals surface area contributed by atoms with Crippen molar-refractivity contribution in [2.45, 2.75) is 39.7 Å². The van der Waals surface area contributed by atoms with Gasteiger partial charge in [0, 0.05) is 18.3 Å². The Morgan fingerprint density at radius 2 is 2.15 bits per heavy atom. The molecule has 0 bridgehead atoms. The Hall–Kier alpha value is -1.13. The lowest BCUT2D eigenvalue weighted by molar-refractivity contribution is 0.267. The molecule has 0 saturated carbocycles. The fourth-order valence-electron chi connectivity index (χ4n) is 2.75. The number of nitrogens with zero attached hydrogens (tertiary/aromatic N) is 1. The lowest BCUT2D eigenvalue weighted by Gasteiger charge is -2.23. The van der Waals surface area contributed by atoms with E-state index >= 15 is 0 Å². The Balaban J connectivity index is 1.81. The van der Waals surface area contributed by atoms with Gasteiger partial charge >= 0.3 is 0 Å². The molecule has 1 aliphatic heterocycles. The molecule has 2 N–H and O–H groups in total. The van der Waals surface area contributed by atoms with Crippen LogP contribution in [0.1, 0.15) is 30.9 Å². The number of thiocarbonyl (C=S) groups is 1. The molecular formula is C16H25N3S. The minimum atomic E-state index is 0.625. The Labute approximate surface area is 127 Å². The van der Waals surface area contributed by atoms with E-state index in [1.807, 2.05) is 0 Å². The van der Waals surface area contributed by atoms with Crippen LogP contribution in [0.5, 0.6) is 0 Å². The van der Waals surface area contributed by atoms with Gasteiger partial charge in [0.15, 0.2) is 5.11 Å². The van der Waals surface area contributed by atoms with E-state index < -0.39 is 0 Å². The van der Waals surface area contributed by atoms with Crippen molar-refractivity contribution in [3.05, 3.63) is 29.3 Å². The molecule has 0 amide bonds. The molecule has 20 heavy (non-hydrogen) atoms. The maximum atomic E-state index is 5.38. The zero-order chi connectivity index (χ0) is 14.5. The van der Waals surface area contributed by atoms with Gasteiger partial charge in [-0.05, 0) is 75.3 Å². The third kappa shape index (κ3) is 3.93. The van der Waals surface area contributed by atoms with Crippen molar-refractivity contribution >= 4 is 23.0 Å². The zero-order valence-corrected chi connectivity index (χ0v) is 13.5. The summed E-state index contributed by atoms with van der Waals surface area (Å²) < 4.78 is 0. The maximum Gasteiger partial charge on any atom is 0.170 e. The van der Waals surface area contributed by atoms with Gasteiger partial charge in [-0.2, -0.15) is 0 Å². The summed E-state index contributed by atoms with van der Waals surface area (Å²) in [6.07, 6.45) is 2.57. The molecule has 2 rings (SSSR count). The summed E-state index contributed by atoms with van der Waals surface area (Å²) in [7, 11) is 0. The van der Waals surface area contributed by atoms with E-state index in [4.69, 9.17) is 12.2 Å². The van der Waals surface area contributed by atoms with E-state index in [1.54, 1.807) is 0 Å². The molecule has 110 valence electrons. The molecule has 1 atom stereocenters. The van der Waals surface area contributed by atoms with Crippen LogP contribution in [0.4, 0.5) is 5.69 Å². The number of aryl methyl sites for hydroxylation is 2. The molecule has 1 aromatic carbocycles. The van der Waals surface area contributed by atoms with Crippen LogP contribution in [0.25, 0.3) is 0 Å². The highest BCUT2D eigenvalue weighted by Gasteiger charge is 2.22. The van der Waals surface area contributed by atoms with Crippen LogP contribution in [0.15, 0.2) is 18.2 Å². The van der Waals surface area contributed by atoms with Crippen molar-refractivity contribution in [1.82, 2.24) is 10.2 Å². The molecule has 1 fully saturated rings. The van der Waals surface area contributed by atoms with E-state index in [-0.39, 0.29) is 0 Å². The Morgan fingerprint density at radius 1 is 1.35 bits per heavy atom. The van der Waals surface area contributed by atoms with Gasteiger partial charge in [-0.1, -0.05) is 13.0 Å². The predicted octanol–water partition coefficient (Wildman–Crippen LogP) is 3.07. The second-order valence-electron chi connectivity index (χ2n) is 5.56. The lowest BCUT2D eigenvalue weighted by Crippen LogP contribution is -2.41. The fraction of sp³-hybridized carbons (Fsp3) is 0.562. The summed E-state index contributed by atoms with van der Waals surface area (Å²) in [6, 6.07) is 6.96. The molecule has 0 spiro atoms. The summed E-state index contributed by atoms with van der Waals surface area (Å²) in [4.78, 5) is 2.52. The van der Waals surface area contributed by atoms with E-state index in [9.17, 15) is 0 Å². The summed E-state index contributed by atoms with van der Waals surface area (Å²) in [5.41, 5.74) is 3.65. The summed E-state index contributed by atoms with van der Waals surface area (Å²) in [6.45, 7) is 9.75. The third-order valence-electron chi connectivity index (χ3n) is 4.17. The highest BCUT2D eigenvalue weighted by atomic mass is 32.1. The molecule has 3 nitrogen and oxygen atoms in total. The first-order valence-electron chi connectivity index (χ1n) is 7.46. The molecule has 0 unspecified atom stereocenters. The van der Waals surface area contributed by atoms with Crippen molar-refractivity contribution < 1.29 is 0 Å². The van der Waals surface area contributed by atoms with Crippen LogP contribution in [-0.4, -0.2) is 35.7 Å². The minimum absolute atomic E-state index is 0.625. The number of benzene rings is 1. The molecule has 1 aliphatic rings. The van der Waals surface area contributed by atoms with Gasteiger partial charge in [-0.25, -0.2) is 0 Å². The fourth-order valence-corrected chi connectivity index (χ4v) is 2.95. The van der Waals surface area contributed by atoms with E-state index in [2.05, 4.69) is 54.5 Å². The molecular weight excluding hydrogens is 266 g/mol. The van der Waals surface area contributed by atoms with Gasteiger partial charge in [-0.3, -0.25) is 4.90 Å². The van der Waals surface area contributed by atoms with E-state index in [0.717, 1.165) is 23.9 Å². The second kappa shape index (κ2) is 7.04. The van der Waals surface area contributed by atoms with Crippen LogP contribution in [-0.2, 0) is 0 Å². The van der Waals surface area contributed by atoms with Crippen molar-refractivity contribution in [3.8, 4) is 0 Å². The molecule has 0 radical (unpaired) electrons.